The second kappa shape index (κ2) is 12.4. The highest BCUT2D eigenvalue weighted by Crippen LogP contribution is 2.19. The van der Waals surface area contributed by atoms with Gasteiger partial charge in [-0.15, -0.1) is 24.0 Å². The van der Waals surface area contributed by atoms with Gasteiger partial charge in [-0.3, -0.25) is 9.89 Å². The molecule has 7 nitrogen and oxygen atoms in total. The summed E-state index contributed by atoms with van der Waals surface area (Å²) in [6, 6.07) is 0.427. The van der Waals surface area contributed by atoms with E-state index in [-0.39, 0.29) is 35.1 Å². The van der Waals surface area contributed by atoms with Crippen molar-refractivity contribution in [1.29, 1.82) is 0 Å². The molecule has 1 aliphatic rings. The fourth-order valence-electron chi connectivity index (χ4n) is 2.99. The van der Waals surface area contributed by atoms with E-state index in [2.05, 4.69) is 48.2 Å². The Morgan fingerprint density at radius 2 is 1.81 bits per heavy atom. The molecule has 27 heavy (non-hydrogen) atoms. The molecule has 0 aromatic rings. The van der Waals surface area contributed by atoms with Crippen molar-refractivity contribution < 1.29 is 13.2 Å². The van der Waals surface area contributed by atoms with Gasteiger partial charge in [0.15, 0.2) is 5.96 Å². The zero-order valence-corrected chi connectivity index (χ0v) is 20.9. The van der Waals surface area contributed by atoms with Gasteiger partial charge < -0.3 is 15.4 Å². The van der Waals surface area contributed by atoms with E-state index in [1.165, 1.54) is 6.26 Å². The van der Waals surface area contributed by atoms with Crippen LogP contribution in [0.3, 0.4) is 0 Å². The lowest BCUT2D eigenvalue weighted by Crippen LogP contribution is -2.53. The Morgan fingerprint density at radius 3 is 2.30 bits per heavy atom. The number of morpholine rings is 1. The van der Waals surface area contributed by atoms with Crippen molar-refractivity contribution in [3.05, 3.63) is 0 Å². The number of guanidine groups is 1. The third kappa shape index (κ3) is 11.5. The van der Waals surface area contributed by atoms with Crippen LogP contribution in [0.15, 0.2) is 4.99 Å². The third-order valence-electron chi connectivity index (χ3n) is 4.87. The summed E-state index contributed by atoms with van der Waals surface area (Å²) in [6.07, 6.45) is 1.91. The van der Waals surface area contributed by atoms with Crippen molar-refractivity contribution in [2.24, 2.45) is 16.3 Å². The summed E-state index contributed by atoms with van der Waals surface area (Å²) in [6.45, 7) is 13.7. The fraction of sp³-hybridized carbons (Fsp3) is 0.944. The zero-order chi connectivity index (χ0) is 19.8. The van der Waals surface area contributed by atoms with Gasteiger partial charge in [-0.2, -0.15) is 0 Å². The molecule has 1 fully saturated rings. The highest BCUT2D eigenvalue weighted by molar-refractivity contribution is 14.0. The van der Waals surface area contributed by atoms with E-state index in [9.17, 15) is 8.42 Å². The topological polar surface area (TPSA) is 83.0 Å². The van der Waals surface area contributed by atoms with Crippen LogP contribution in [0, 0.1) is 11.3 Å². The smallest absolute Gasteiger partial charge is 0.191 e. The number of ether oxygens (including phenoxy) is 1. The lowest BCUT2D eigenvalue weighted by Gasteiger charge is -2.37. The summed E-state index contributed by atoms with van der Waals surface area (Å²) in [5.41, 5.74) is -0.123. The normalized spacial score (nSPS) is 18.1. The van der Waals surface area contributed by atoms with Crippen LogP contribution in [-0.2, 0) is 14.6 Å². The monoisotopic (exact) mass is 518 g/mol. The molecule has 2 N–H and O–H groups in total. The first-order valence-corrected chi connectivity index (χ1v) is 11.5. The van der Waals surface area contributed by atoms with E-state index in [4.69, 9.17) is 4.74 Å². The molecule has 1 saturated heterocycles. The number of rotatable bonds is 9. The van der Waals surface area contributed by atoms with Gasteiger partial charge in [0.1, 0.15) is 9.84 Å². The van der Waals surface area contributed by atoms with E-state index in [0.717, 1.165) is 38.8 Å². The summed E-state index contributed by atoms with van der Waals surface area (Å²) in [5, 5.41) is 6.78. The molecule has 0 amide bonds. The highest BCUT2D eigenvalue weighted by atomic mass is 127. The van der Waals surface area contributed by atoms with Crippen LogP contribution in [-0.4, -0.2) is 83.8 Å². The number of nitrogens with zero attached hydrogens (tertiary/aromatic N) is 2. The van der Waals surface area contributed by atoms with Gasteiger partial charge in [0, 0.05) is 45.5 Å². The summed E-state index contributed by atoms with van der Waals surface area (Å²) >= 11 is 0. The molecule has 162 valence electrons. The average molecular weight is 519 g/mol. The SMILES string of the molecule is CN=C(NCC(C(C)C)N1CCOCC1)NCC(C)(C)CCS(C)(=O)=O.I. The van der Waals surface area contributed by atoms with E-state index >= 15 is 0 Å². The molecule has 0 spiro atoms. The average Bonchev–Trinajstić information content (AvgIpc) is 2.56. The molecule has 0 aromatic heterocycles. The van der Waals surface area contributed by atoms with Gasteiger partial charge in [0.2, 0.25) is 0 Å². The van der Waals surface area contributed by atoms with Crippen molar-refractivity contribution >= 4 is 39.8 Å². The Balaban J connectivity index is 0.00000676. The molecule has 1 atom stereocenters. The number of nitrogens with one attached hydrogen (secondary N) is 2. The Hall–Kier alpha value is -0.130. The molecular formula is C18H39IN4O3S. The van der Waals surface area contributed by atoms with Gasteiger partial charge in [0.05, 0.1) is 19.0 Å². The number of halogens is 1. The van der Waals surface area contributed by atoms with Gasteiger partial charge in [-0.1, -0.05) is 27.7 Å². The van der Waals surface area contributed by atoms with Crippen molar-refractivity contribution in [2.75, 3.05) is 58.4 Å². The summed E-state index contributed by atoms with van der Waals surface area (Å²) in [4.78, 5) is 6.79. The van der Waals surface area contributed by atoms with Gasteiger partial charge in [-0.25, -0.2) is 8.42 Å². The minimum atomic E-state index is -2.93. The van der Waals surface area contributed by atoms with Crippen molar-refractivity contribution in [3.63, 3.8) is 0 Å². The fourth-order valence-corrected chi connectivity index (χ4v) is 3.91. The largest absolute Gasteiger partial charge is 0.379 e. The Bertz CT molecular complexity index is 547. The zero-order valence-electron chi connectivity index (χ0n) is 17.7. The molecule has 1 aliphatic heterocycles. The van der Waals surface area contributed by atoms with Crippen LogP contribution >= 0.6 is 24.0 Å². The van der Waals surface area contributed by atoms with Crippen LogP contribution in [0.5, 0.6) is 0 Å². The first-order valence-electron chi connectivity index (χ1n) is 9.48. The van der Waals surface area contributed by atoms with Crippen molar-refractivity contribution in [1.82, 2.24) is 15.5 Å². The Kier molecular flexibility index (Phi) is 12.4. The van der Waals surface area contributed by atoms with Crippen LogP contribution in [0.2, 0.25) is 0 Å². The molecule has 0 aromatic carbocycles. The standard InChI is InChI=1S/C18H38N4O3S.HI/c1-15(2)16(22-8-10-25-11-9-22)13-20-17(19-5)21-14-18(3,4)7-12-26(6,23)24;/h15-16H,7-14H2,1-6H3,(H2,19,20,21);1H. The maximum Gasteiger partial charge on any atom is 0.191 e. The maximum absolute atomic E-state index is 11.4. The first kappa shape index (κ1) is 26.9. The second-order valence-electron chi connectivity index (χ2n) is 8.31. The molecule has 0 aliphatic carbocycles. The Labute approximate surface area is 183 Å². The molecule has 9 heteroatoms. The minimum Gasteiger partial charge on any atom is -0.379 e. The lowest BCUT2D eigenvalue weighted by atomic mass is 9.90. The van der Waals surface area contributed by atoms with Crippen molar-refractivity contribution in [3.8, 4) is 0 Å². The third-order valence-corrected chi connectivity index (χ3v) is 5.82. The van der Waals surface area contributed by atoms with Crippen LogP contribution in [0.1, 0.15) is 34.1 Å². The van der Waals surface area contributed by atoms with Gasteiger partial charge >= 0.3 is 0 Å². The van der Waals surface area contributed by atoms with Crippen LogP contribution in [0.25, 0.3) is 0 Å². The number of sulfone groups is 1. The van der Waals surface area contributed by atoms with E-state index in [1.54, 1.807) is 7.05 Å². The highest BCUT2D eigenvalue weighted by Gasteiger charge is 2.24. The second-order valence-corrected chi connectivity index (χ2v) is 10.6. The lowest BCUT2D eigenvalue weighted by molar-refractivity contribution is 0.00751. The van der Waals surface area contributed by atoms with E-state index < -0.39 is 9.84 Å². The van der Waals surface area contributed by atoms with E-state index in [0.29, 0.717) is 24.9 Å². The summed E-state index contributed by atoms with van der Waals surface area (Å²) in [7, 11) is -1.17. The maximum atomic E-state index is 11.4. The first-order chi connectivity index (χ1) is 12.0. The number of hydrogen-bond donors (Lipinski definition) is 2. The molecular weight excluding hydrogens is 479 g/mol. The van der Waals surface area contributed by atoms with Gasteiger partial charge in [0.25, 0.3) is 0 Å². The molecule has 1 heterocycles. The number of aliphatic imine (C=N–C) groups is 1. The molecule has 0 saturated carbocycles. The van der Waals surface area contributed by atoms with Crippen molar-refractivity contribution in [2.45, 2.75) is 40.2 Å². The molecule has 1 unspecified atom stereocenters. The summed E-state index contributed by atoms with van der Waals surface area (Å²) in [5.74, 6) is 1.50. The van der Waals surface area contributed by atoms with Crippen LogP contribution in [0.4, 0.5) is 0 Å². The Morgan fingerprint density at radius 1 is 1.22 bits per heavy atom. The molecule has 1 rings (SSSR count). The minimum absolute atomic E-state index is 0. The van der Waals surface area contributed by atoms with E-state index in [1.807, 2.05) is 0 Å². The predicted molar refractivity (Wildman–Crippen MR) is 124 cm³/mol. The summed E-state index contributed by atoms with van der Waals surface area (Å²) < 4.78 is 28.2. The molecule has 0 radical (unpaired) electrons. The number of hydrogen-bond acceptors (Lipinski definition) is 5. The quantitative estimate of drug-likeness (QED) is 0.274. The van der Waals surface area contributed by atoms with Gasteiger partial charge in [-0.05, 0) is 17.8 Å². The predicted octanol–water partition coefficient (Wildman–Crippen LogP) is 1.59. The van der Waals surface area contributed by atoms with Crippen LogP contribution < -0.4 is 10.6 Å². The molecule has 0 bridgehead atoms.